The van der Waals surface area contributed by atoms with E-state index < -0.39 is 10.0 Å². The number of anilines is 1. The number of carbonyl (C=O) groups excluding carboxylic acids is 1. The zero-order valence-corrected chi connectivity index (χ0v) is 18.1. The van der Waals surface area contributed by atoms with E-state index in [0.29, 0.717) is 19.5 Å². The summed E-state index contributed by atoms with van der Waals surface area (Å²) in [6.07, 6.45) is 0.566. The SMILES string of the molecule is Cl.Cl.NS(=O)(=O)c1ccc(N2CCN(C(=O)CC3CSCCN3)CC2)cc1. The summed E-state index contributed by atoms with van der Waals surface area (Å²) in [4.78, 5) is 16.6. The van der Waals surface area contributed by atoms with Crippen molar-refractivity contribution in [3.8, 4) is 0 Å². The zero-order chi connectivity index (χ0) is 17.9. The molecule has 0 saturated carbocycles. The monoisotopic (exact) mass is 456 g/mol. The van der Waals surface area contributed by atoms with E-state index in [2.05, 4.69) is 10.2 Å². The molecule has 0 aromatic heterocycles. The predicted octanol–water partition coefficient (Wildman–Crippen LogP) is 0.921. The van der Waals surface area contributed by atoms with Crippen molar-refractivity contribution in [1.29, 1.82) is 0 Å². The minimum atomic E-state index is -3.66. The number of nitrogens with one attached hydrogen (secondary N) is 1. The van der Waals surface area contributed by atoms with Gasteiger partial charge in [-0.2, -0.15) is 11.8 Å². The van der Waals surface area contributed by atoms with E-state index >= 15 is 0 Å². The average Bonchev–Trinajstić information content (AvgIpc) is 2.62. The number of rotatable bonds is 4. The van der Waals surface area contributed by atoms with Crippen LogP contribution >= 0.6 is 36.6 Å². The third kappa shape index (κ3) is 6.69. The normalized spacial score (nSPS) is 20.4. The number of primary sulfonamides is 1. The molecule has 0 radical (unpaired) electrons. The van der Waals surface area contributed by atoms with Gasteiger partial charge in [-0.25, -0.2) is 13.6 Å². The van der Waals surface area contributed by atoms with Gasteiger partial charge in [0.05, 0.1) is 4.90 Å². The maximum absolute atomic E-state index is 12.4. The molecule has 0 aliphatic carbocycles. The lowest BCUT2D eigenvalue weighted by atomic mass is 10.2. The van der Waals surface area contributed by atoms with Crippen LogP contribution in [0, 0.1) is 0 Å². The second-order valence-electron chi connectivity index (χ2n) is 6.34. The molecule has 2 aliphatic heterocycles. The number of thioether (sulfide) groups is 1. The average molecular weight is 457 g/mol. The summed E-state index contributed by atoms with van der Waals surface area (Å²) in [5.41, 5.74) is 0.949. The van der Waals surface area contributed by atoms with Gasteiger partial charge in [0.15, 0.2) is 0 Å². The van der Waals surface area contributed by atoms with Crippen LogP contribution in [0.15, 0.2) is 29.2 Å². The van der Waals surface area contributed by atoms with E-state index in [-0.39, 0.29) is 41.7 Å². The molecule has 0 spiro atoms. The summed E-state index contributed by atoms with van der Waals surface area (Å²) < 4.78 is 22.6. The lowest BCUT2D eigenvalue weighted by Gasteiger charge is -2.37. The molecule has 3 rings (SSSR count). The van der Waals surface area contributed by atoms with Gasteiger partial charge in [0.1, 0.15) is 0 Å². The molecule has 1 amide bonds. The quantitative estimate of drug-likeness (QED) is 0.698. The third-order valence-electron chi connectivity index (χ3n) is 4.58. The molecular weight excluding hydrogens is 431 g/mol. The molecule has 154 valence electrons. The van der Waals surface area contributed by atoms with Crippen molar-refractivity contribution < 1.29 is 13.2 Å². The molecule has 27 heavy (non-hydrogen) atoms. The summed E-state index contributed by atoms with van der Waals surface area (Å²) in [6.45, 7) is 3.84. The largest absolute Gasteiger partial charge is 0.368 e. The first-order valence-corrected chi connectivity index (χ1v) is 11.1. The Hall–Kier alpha value is -0.710. The van der Waals surface area contributed by atoms with Gasteiger partial charge in [0.2, 0.25) is 15.9 Å². The molecule has 2 saturated heterocycles. The van der Waals surface area contributed by atoms with Crippen LogP contribution < -0.4 is 15.4 Å². The van der Waals surface area contributed by atoms with E-state index in [0.717, 1.165) is 36.8 Å². The summed E-state index contributed by atoms with van der Waals surface area (Å²) >= 11 is 1.90. The van der Waals surface area contributed by atoms with Gasteiger partial charge in [-0.1, -0.05) is 0 Å². The second-order valence-corrected chi connectivity index (χ2v) is 9.05. The van der Waals surface area contributed by atoms with Crippen LogP contribution in [0.3, 0.4) is 0 Å². The highest BCUT2D eigenvalue weighted by Gasteiger charge is 2.24. The van der Waals surface area contributed by atoms with Crippen LogP contribution in [0.5, 0.6) is 0 Å². The van der Waals surface area contributed by atoms with Crippen LogP contribution in [0.2, 0.25) is 0 Å². The fraction of sp³-hybridized carbons (Fsp3) is 0.562. The van der Waals surface area contributed by atoms with Gasteiger partial charge < -0.3 is 15.1 Å². The number of amides is 1. The molecule has 1 atom stereocenters. The molecule has 0 bridgehead atoms. The number of nitrogens with zero attached hydrogens (tertiary/aromatic N) is 2. The molecule has 3 N–H and O–H groups in total. The topological polar surface area (TPSA) is 95.7 Å². The Morgan fingerprint density at radius 2 is 1.78 bits per heavy atom. The standard InChI is InChI=1S/C16H24N4O3S2.2ClH/c17-25(22,23)15-3-1-14(2-4-15)19-6-8-20(9-7-19)16(21)11-13-12-24-10-5-18-13;;/h1-4,13,18H,5-12H2,(H2,17,22,23);2*1H. The number of nitrogens with two attached hydrogens (primary N) is 1. The smallest absolute Gasteiger partial charge is 0.238 e. The Kier molecular flexibility index (Phi) is 9.67. The van der Waals surface area contributed by atoms with Gasteiger partial charge in [-0.15, -0.1) is 24.8 Å². The number of benzene rings is 1. The molecule has 7 nitrogen and oxygen atoms in total. The highest BCUT2D eigenvalue weighted by molar-refractivity contribution is 7.99. The number of halogens is 2. The molecule has 1 unspecified atom stereocenters. The number of sulfonamides is 1. The van der Waals surface area contributed by atoms with Crippen LogP contribution in [-0.2, 0) is 14.8 Å². The number of hydrogen-bond donors (Lipinski definition) is 2. The Morgan fingerprint density at radius 1 is 1.15 bits per heavy atom. The summed E-state index contributed by atoms with van der Waals surface area (Å²) in [5, 5.41) is 8.52. The Labute approximate surface area is 177 Å². The lowest BCUT2D eigenvalue weighted by molar-refractivity contribution is -0.131. The van der Waals surface area contributed by atoms with E-state index in [4.69, 9.17) is 5.14 Å². The molecule has 1 aromatic carbocycles. The van der Waals surface area contributed by atoms with Crippen LogP contribution in [0.4, 0.5) is 5.69 Å². The molecule has 2 fully saturated rings. The van der Waals surface area contributed by atoms with Crippen LogP contribution in [-0.4, -0.2) is 69.5 Å². The van der Waals surface area contributed by atoms with Gasteiger partial charge in [0, 0.05) is 62.4 Å². The van der Waals surface area contributed by atoms with E-state index in [1.165, 1.54) is 12.1 Å². The van der Waals surface area contributed by atoms with Crippen molar-refractivity contribution >= 4 is 58.2 Å². The highest BCUT2D eigenvalue weighted by Crippen LogP contribution is 2.19. The minimum Gasteiger partial charge on any atom is -0.368 e. The van der Waals surface area contributed by atoms with Crippen molar-refractivity contribution in [2.24, 2.45) is 5.14 Å². The lowest BCUT2D eigenvalue weighted by Crippen LogP contribution is -2.50. The number of carbonyl (C=O) groups is 1. The zero-order valence-electron chi connectivity index (χ0n) is 14.9. The Morgan fingerprint density at radius 3 is 2.30 bits per heavy atom. The molecule has 11 heteroatoms. The predicted molar refractivity (Wildman–Crippen MR) is 115 cm³/mol. The van der Waals surface area contributed by atoms with Gasteiger partial charge in [0.25, 0.3) is 0 Å². The van der Waals surface area contributed by atoms with Crippen molar-refractivity contribution in [2.45, 2.75) is 17.4 Å². The van der Waals surface area contributed by atoms with Gasteiger partial charge in [-0.05, 0) is 24.3 Å². The van der Waals surface area contributed by atoms with Crippen molar-refractivity contribution in [1.82, 2.24) is 10.2 Å². The van der Waals surface area contributed by atoms with Gasteiger partial charge >= 0.3 is 0 Å². The third-order valence-corrected chi connectivity index (χ3v) is 6.64. The molecule has 2 aliphatic rings. The van der Waals surface area contributed by atoms with Crippen molar-refractivity contribution in [3.63, 3.8) is 0 Å². The summed E-state index contributed by atoms with van der Waals surface area (Å²) in [7, 11) is -3.66. The first-order chi connectivity index (χ1) is 11.9. The first kappa shape index (κ1) is 24.3. The van der Waals surface area contributed by atoms with Crippen molar-refractivity contribution in [2.75, 3.05) is 49.1 Å². The fourth-order valence-electron chi connectivity index (χ4n) is 3.15. The first-order valence-electron chi connectivity index (χ1n) is 8.40. The van der Waals surface area contributed by atoms with E-state index in [9.17, 15) is 13.2 Å². The Balaban J connectivity index is 0.00000182. The second kappa shape index (κ2) is 10.7. The molecule has 1 aromatic rings. The minimum absolute atomic E-state index is 0. The maximum Gasteiger partial charge on any atom is 0.238 e. The van der Waals surface area contributed by atoms with E-state index in [1.54, 1.807) is 12.1 Å². The van der Waals surface area contributed by atoms with Crippen molar-refractivity contribution in [3.05, 3.63) is 24.3 Å². The van der Waals surface area contributed by atoms with Crippen LogP contribution in [0.25, 0.3) is 0 Å². The van der Waals surface area contributed by atoms with Crippen LogP contribution in [0.1, 0.15) is 6.42 Å². The highest BCUT2D eigenvalue weighted by atomic mass is 35.5. The Bertz CT molecular complexity index is 705. The molecule has 2 heterocycles. The fourth-order valence-corrected chi connectivity index (χ4v) is 4.62. The van der Waals surface area contributed by atoms with Gasteiger partial charge in [-0.3, -0.25) is 4.79 Å². The number of piperazine rings is 1. The molecular formula is C16H26Cl2N4O3S2. The number of hydrogen-bond acceptors (Lipinski definition) is 6. The van der Waals surface area contributed by atoms with E-state index in [1.807, 2.05) is 16.7 Å². The summed E-state index contributed by atoms with van der Waals surface area (Å²) in [5.74, 6) is 2.33. The maximum atomic E-state index is 12.4. The summed E-state index contributed by atoms with van der Waals surface area (Å²) in [6, 6.07) is 6.86.